The number of methoxy groups -OCH3 is 1. The Bertz CT molecular complexity index is 568. The third-order valence-corrected chi connectivity index (χ3v) is 3.34. The van der Waals surface area contributed by atoms with Crippen molar-refractivity contribution in [1.82, 2.24) is 10.3 Å². The fourth-order valence-electron chi connectivity index (χ4n) is 2.03. The van der Waals surface area contributed by atoms with Crippen LogP contribution in [-0.4, -0.2) is 69.6 Å². The number of hydrogen-bond donors (Lipinski definition) is 1. The molecular formula is C16H21N3O5. The summed E-state index contributed by atoms with van der Waals surface area (Å²) in [5.74, 6) is -0.0521. The van der Waals surface area contributed by atoms with Crippen LogP contribution < -0.4 is 10.2 Å². The lowest BCUT2D eigenvalue weighted by atomic mass is 10.2. The second-order valence-corrected chi connectivity index (χ2v) is 5.12. The molecule has 1 aromatic rings. The lowest BCUT2D eigenvalue weighted by Crippen LogP contribution is -2.42. The van der Waals surface area contributed by atoms with Crippen LogP contribution in [0, 0.1) is 0 Å². The van der Waals surface area contributed by atoms with Gasteiger partial charge in [0.05, 0.1) is 33.1 Å². The number of nitrogens with one attached hydrogen (secondary N) is 1. The lowest BCUT2D eigenvalue weighted by molar-refractivity contribution is -0.142. The summed E-state index contributed by atoms with van der Waals surface area (Å²) in [6, 6.07) is 6.95. The van der Waals surface area contributed by atoms with Crippen LogP contribution in [0.15, 0.2) is 29.4 Å². The van der Waals surface area contributed by atoms with Crippen molar-refractivity contribution in [1.29, 1.82) is 0 Å². The van der Waals surface area contributed by atoms with E-state index in [0.717, 1.165) is 18.7 Å². The number of esters is 1. The number of rotatable bonds is 7. The number of amides is 1. The van der Waals surface area contributed by atoms with Crippen molar-refractivity contribution < 1.29 is 23.8 Å². The van der Waals surface area contributed by atoms with Crippen LogP contribution >= 0.6 is 0 Å². The molecule has 130 valence electrons. The first-order valence-corrected chi connectivity index (χ1v) is 7.59. The molecule has 24 heavy (non-hydrogen) atoms. The van der Waals surface area contributed by atoms with E-state index in [0.29, 0.717) is 25.5 Å². The van der Waals surface area contributed by atoms with Crippen molar-refractivity contribution in [2.24, 2.45) is 5.10 Å². The Morgan fingerprint density at radius 3 is 2.67 bits per heavy atom. The van der Waals surface area contributed by atoms with Gasteiger partial charge in [-0.15, -0.1) is 0 Å². The third-order valence-electron chi connectivity index (χ3n) is 3.34. The quantitative estimate of drug-likeness (QED) is 0.429. The summed E-state index contributed by atoms with van der Waals surface area (Å²) in [6.45, 7) is 2.98. The van der Waals surface area contributed by atoms with Crippen molar-refractivity contribution >= 4 is 18.1 Å². The molecule has 0 saturated carbocycles. The van der Waals surface area contributed by atoms with Gasteiger partial charge in [0.25, 0.3) is 5.91 Å². The summed E-state index contributed by atoms with van der Waals surface area (Å²) >= 11 is 0. The number of hydrogen-bond acceptors (Lipinski definition) is 7. The number of carbonyl (C=O) groups is 2. The van der Waals surface area contributed by atoms with Crippen LogP contribution in [0.3, 0.4) is 0 Å². The smallest absolute Gasteiger partial charge is 0.343 e. The molecule has 8 heteroatoms. The van der Waals surface area contributed by atoms with Crippen molar-refractivity contribution in [3.63, 3.8) is 0 Å². The molecule has 1 N–H and O–H groups in total. The number of morpholine rings is 1. The SMILES string of the molecule is COC(=O)COc1ccc(/C=N/NC(=O)CN2CCOCC2)cc1. The second kappa shape index (κ2) is 9.64. The topological polar surface area (TPSA) is 89.5 Å². The molecule has 0 aliphatic carbocycles. The van der Waals surface area contributed by atoms with E-state index in [1.54, 1.807) is 30.5 Å². The highest BCUT2D eigenvalue weighted by molar-refractivity contribution is 5.83. The fourth-order valence-corrected chi connectivity index (χ4v) is 2.03. The highest BCUT2D eigenvalue weighted by atomic mass is 16.6. The minimum Gasteiger partial charge on any atom is -0.482 e. The van der Waals surface area contributed by atoms with Gasteiger partial charge >= 0.3 is 5.97 Å². The molecule has 2 rings (SSSR count). The molecule has 1 heterocycles. The first-order valence-electron chi connectivity index (χ1n) is 7.59. The normalized spacial score (nSPS) is 15.2. The molecule has 0 aromatic heterocycles. The van der Waals surface area contributed by atoms with Crippen molar-refractivity contribution in [2.75, 3.05) is 46.6 Å². The van der Waals surface area contributed by atoms with Crippen molar-refractivity contribution in [2.45, 2.75) is 0 Å². The molecule has 0 bridgehead atoms. The molecule has 8 nitrogen and oxygen atoms in total. The Morgan fingerprint density at radius 1 is 1.29 bits per heavy atom. The van der Waals surface area contributed by atoms with Gasteiger partial charge in [-0.25, -0.2) is 10.2 Å². The maximum atomic E-state index is 11.8. The van der Waals surface area contributed by atoms with Gasteiger partial charge in [0.15, 0.2) is 6.61 Å². The van der Waals surface area contributed by atoms with Crippen molar-refractivity contribution in [3.8, 4) is 5.75 Å². The first-order chi connectivity index (χ1) is 11.7. The Hall–Kier alpha value is -2.45. The highest BCUT2D eigenvalue weighted by Crippen LogP contribution is 2.11. The Kier molecular flexibility index (Phi) is 7.19. The first kappa shape index (κ1) is 17.9. The number of ether oxygens (including phenoxy) is 3. The Labute approximate surface area is 140 Å². The van der Waals surface area contributed by atoms with E-state index in [2.05, 4.69) is 15.3 Å². The predicted octanol–water partition coefficient (Wildman–Crippen LogP) is 0.0207. The molecule has 1 aliphatic heterocycles. The average molecular weight is 335 g/mol. The molecule has 0 radical (unpaired) electrons. The number of carbonyl (C=O) groups excluding carboxylic acids is 2. The van der Waals surface area contributed by atoms with E-state index in [1.165, 1.54) is 7.11 Å². The van der Waals surface area contributed by atoms with E-state index in [1.807, 2.05) is 4.90 Å². The summed E-state index contributed by atoms with van der Waals surface area (Å²) < 4.78 is 15.0. The summed E-state index contributed by atoms with van der Waals surface area (Å²) in [6.07, 6.45) is 1.54. The molecule has 0 spiro atoms. The van der Waals surface area contributed by atoms with E-state index >= 15 is 0 Å². The maximum absolute atomic E-state index is 11.8. The Balaban J connectivity index is 1.73. The zero-order valence-corrected chi connectivity index (χ0v) is 13.6. The minimum absolute atomic E-state index is 0.137. The van der Waals surface area contributed by atoms with Gasteiger partial charge in [-0.05, 0) is 29.8 Å². The highest BCUT2D eigenvalue weighted by Gasteiger charge is 2.13. The number of hydrazone groups is 1. The van der Waals surface area contributed by atoms with E-state index in [-0.39, 0.29) is 12.5 Å². The zero-order chi connectivity index (χ0) is 17.2. The van der Waals surface area contributed by atoms with E-state index in [9.17, 15) is 9.59 Å². The van der Waals surface area contributed by atoms with Crippen LogP contribution in [0.5, 0.6) is 5.75 Å². The summed E-state index contributed by atoms with van der Waals surface area (Å²) in [4.78, 5) is 24.8. The molecule has 1 amide bonds. The lowest BCUT2D eigenvalue weighted by Gasteiger charge is -2.25. The van der Waals surface area contributed by atoms with Gasteiger partial charge in [-0.3, -0.25) is 9.69 Å². The van der Waals surface area contributed by atoms with Gasteiger partial charge < -0.3 is 14.2 Å². The Morgan fingerprint density at radius 2 is 2.00 bits per heavy atom. The molecule has 1 saturated heterocycles. The second-order valence-electron chi connectivity index (χ2n) is 5.12. The summed E-state index contributed by atoms with van der Waals surface area (Å²) in [7, 11) is 1.30. The molecule has 0 atom stereocenters. The summed E-state index contributed by atoms with van der Waals surface area (Å²) in [5, 5.41) is 3.93. The van der Waals surface area contributed by atoms with E-state index in [4.69, 9.17) is 9.47 Å². The van der Waals surface area contributed by atoms with Crippen molar-refractivity contribution in [3.05, 3.63) is 29.8 Å². The van der Waals surface area contributed by atoms with E-state index < -0.39 is 5.97 Å². The maximum Gasteiger partial charge on any atom is 0.343 e. The zero-order valence-electron chi connectivity index (χ0n) is 13.6. The average Bonchev–Trinajstić information content (AvgIpc) is 2.61. The molecule has 0 unspecified atom stereocenters. The van der Waals surface area contributed by atoms with Crippen LogP contribution in [0.2, 0.25) is 0 Å². The summed E-state index contributed by atoms with van der Waals surface area (Å²) in [5.41, 5.74) is 3.29. The molecular weight excluding hydrogens is 314 g/mol. The molecule has 1 aliphatic rings. The number of benzene rings is 1. The van der Waals surface area contributed by atoms with Gasteiger partial charge in [0, 0.05) is 13.1 Å². The van der Waals surface area contributed by atoms with Gasteiger partial charge in [0.1, 0.15) is 5.75 Å². The monoisotopic (exact) mass is 335 g/mol. The standard InChI is InChI=1S/C16H21N3O5/c1-22-16(21)12-24-14-4-2-13(3-5-14)10-17-18-15(20)11-19-6-8-23-9-7-19/h2-5,10H,6-9,11-12H2,1H3,(H,18,20)/b17-10+. The number of nitrogens with zero attached hydrogens (tertiary/aromatic N) is 2. The van der Waals surface area contributed by atoms with Gasteiger partial charge in [-0.1, -0.05) is 0 Å². The van der Waals surface area contributed by atoms with Crippen LogP contribution in [0.25, 0.3) is 0 Å². The minimum atomic E-state index is -0.441. The van der Waals surface area contributed by atoms with Crippen LogP contribution in [0.4, 0.5) is 0 Å². The molecule has 1 fully saturated rings. The van der Waals surface area contributed by atoms with Gasteiger partial charge in [-0.2, -0.15) is 5.10 Å². The van der Waals surface area contributed by atoms with Gasteiger partial charge in [0.2, 0.25) is 0 Å². The van der Waals surface area contributed by atoms with Crippen LogP contribution in [-0.2, 0) is 19.1 Å². The van der Waals surface area contributed by atoms with Crippen LogP contribution in [0.1, 0.15) is 5.56 Å². The predicted molar refractivity (Wildman–Crippen MR) is 86.9 cm³/mol. The fraction of sp³-hybridized carbons (Fsp3) is 0.438. The molecule has 1 aromatic carbocycles. The third kappa shape index (κ3) is 6.35. The largest absolute Gasteiger partial charge is 0.482 e.